The Kier molecular flexibility index (Phi) is 2.96. The topological polar surface area (TPSA) is 52.3 Å². The van der Waals surface area contributed by atoms with Crippen molar-refractivity contribution >= 4 is 5.97 Å². The molecule has 0 amide bonds. The first-order valence-corrected chi connectivity index (χ1v) is 4.82. The molecular formula is C10H19NO2. The molecule has 3 nitrogen and oxygen atoms in total. The number of esters is 1. The molecule has 0 saturated heterocycles. The van der Waals surface area contributed by atoms with Crippen LogP contribution in [0.5, 0.6) is 0 Å². The molecule has 76 valence electrons. The molecule has 0 atom stereocenters. The minimum atomic E-state index is -0.276. The quantitative estimate of drug-likeness (QED) is 0.674. The van der Waals surface area contributed by atoms with Crippen molar-refractivity contribution in [3.05, 3.63) is 0 Å². The van der Waals surface area contributed by atoms with Gasteiger partial charge in [-0.2, -0.15) is 0 Å². The van der Waals surface area contributed by atoms with Gasteiger partial charge >= 0.3 is 5.97 Å². The Morgan fingerprint density at radius 1 is 1.62 bits per heavy atom. The van der Waals surface area contributed by atoms with E-state index < -0.39 is 0 Å². The molecule has 0 unspecified atom stereocenters. The molecule has 1 fully saturated rings. The fraction of sp³-hybridized carbons (Fsp3) is 0.900. The van der Waals surface area contributed by atoms with Crippen molar-refractivity contribution in [1.29, 1.82) is 0 Å². The SMILES string of the molecule is COC(=O)CC1(N)CC(C(C)C)C1. The number of ether oxygens (including phenoxy) is 1. The van der Waals surface area contributed by atoms with Crippen LogP contribution in [0.3, 0.4) is 0 Å². The number of carbonyl (C=O) groups excluding carboxylic acids is 1. The highest BCUT2D eigenvalue weighted by Gasteiger charge is 2.43. The van der Waals surface area contributed by atoms with E-state index >= 15 is 0 Å². The smallest absolute Gasteiger partial charge is 0.307 e. The van der Waals surface area contributed by atoms with Crippen LogP contribution in [0.25, 0.3) is 0 Å². The average Bonchev–Trinajstić information content (AvgIpc) is 1.99. The van der Waals surface area contributed by atoms with E-state index in [0.29, 0.717) is 18.3 Å². The van der Waals surface area contributed by atoms with Crippen molar-refractivity contribution in [2.24, 2.45) is 17.6 Å². The largest absolute Gasteiger partial charge is 0.469 e. The lowest BCUT2D eigenvalue weighted by atomic mass is 9.63. The summed E-state index contributed by atoms with van der Waals surface area (Å²) in [6, 6.07) is 0. The number of hydrogen-bond donors (Lipinski definition) is 1. The maximum absolute atomic E-state index is 11.0. The van der Waals surface area contributed by atoms with Gasteiger partial charge in [-0.15, -0.1) is 0 Å². The summed E-state index contributed by atoms with van der Waals surface area (Å²) in [6.45, 7) is 4.39. The molecule has 0 aliphatic heterocycles. The fourth-order valence-corrected chi connectivity index (χ4v) is 1.96. The van der Waals surface area contributed by atoms with Crippen LogP contribution in [0.15, 0.2) is 0 Å². The molecule has 0 bridgehead atoms. The Morgan fingerprint density at radius 2 is 2.15 bits per heavy atom. The lowest BCUT2D eigenvalue weighted by molar-refractivity contribution is -0.143. The van der Waals surface area contributed by atoms with Crippen LogP contribution in [0.2, 0.25) is 0 Å². The van der Waals surface area contributed by atoms with E-state index in [2.05, 4.69) is 18.6 Å². The van der Waals surface area contributed by atoms with E-state index in [1.807, 2.05) is 0 Å². The Morgan fingerprint density at radius 3 is 2.54 bits per heavy atom. The molecule has 0 aromatic rings. The summed E-state index contributed by atoms with van der Waals surface area (Å²) in [4.78, 5) is 11.0. The zero-order chi connectivity index (χ0) is 10.1. The van der Waals surface area contributed by atoms with Gasteiger partial charge in [-0.25, -0.2) is 0 Å². The zero-order valence-corrected chi connectivity index (χ0v) is 8.67. The maximum atomic E-state index is 11.0. The van der Waals surface area contributed by atoms with Gasteiger partial charge in [0.25, 0.3) is 0 Å². The number of hydrogen-bond acceptors (Lipinski definition) is 3. The summed E-state index contributed by atoms with van der Waals surface area (Å²) >= 11 is 0. The van der Waals surface area contributed by atoms with Crippen LogP contribution in [0.1, 0.15) is 33.1 Å². The van der Waals surface area contributed by atoms with Gasteiger partial charge in [-0.05, 0) is 24.7 Å². The highest BCUT2D eigenvalue weighted by Crippen LogP contribution is 2.42. The lowest BCUT2D eigenvalue weighted by Gasteiger charge is -2.46. The summed E-state index contributed by atoms with van der Waals surface area (Å²) in [5.74, 6) is 1.17. The van der Waals surface area contributed by atoms with Crippen LogP contribution in [0, 0.1) is 11.8 Å². The van der Waals surface area contributed by atoms with E-state index in [-0.39, 0.29) is 11.5 Å². The molecule has 0 aromatic carbocycles. The third kappa shape index (κ3) is 2.44. The predicted octanol–water partition coefficient (Wildman–Crippen LogP) is 1.31. The minimum absolute atomic E-state index is 0.190. The molecule has 1 rings (SSSR count). The Bertz CT molecular complexity index is 195. The normalized spacial score (nSPS) is 32.8. The van der Waals surface area contributed by atoms with Gasteiger partial charge < -0.3 is 10.5 Å². The molecule has 1 saturated carbocycles. The molecule has 13 heavy (non-hydrogen) atoms. The molecule has 2 N–H and O–H groups in total. The number of carbonyl (C=O) groups is 1. The van der Waals surface area contributed by atoms with Crippen molar-refractivity contribution in [2.75, 3.05) is 7.11 Å². The molecular weight excluding hydrogens is 166 g/mol. The summed E-state index contributed by atoms with van der Waals surface area (Å²) in [7, 11) is 1.41. The van der Waals surface area contributed by atoms with Crippen molar-refractivity contribution in [1.82, 2.24) is 0 Å². The van der Waals surface area contributed by atoms with Gasteiger partial charge in [0.05, 0.1) is 13.5 Å². The summed E-state index contributed by atoms with van der Waals surface area (Å²) in [5, 5.41) is 0. The first-order chi connectivity index (χ1) is 5.97. The second-order valence-electron chi connectivity index (χ2n) is 4.53. The monoisotopic (exact) mass is 185 g/mol. The van der Waals surface area contributed by atoms with E-state index in [0.717, 1.165) is 12.8 Å². The summed E-state index contributed by atoms with van der Waals surface area (Å²) in [6.07, 6.45) is 2.28. The van der Waals surface area contributed by atoms with E-state index in [4.69, 9.17) is 5.73 Å². The van der Waals surface area contributed by atoms with E-state index in [9.17, 15) is 4.79 Å². The fourth-order valence-electron chi connectivity index (χ4n) is 1.96. The number of rotatable bonds is 3. The average molecular weight is 185 g/mol. The third-order valence-corrected chi connectivity index (χ3v) is 3.00. The second-order valence-corrected chi connectivity index (χ2v) is 4.53. The van der Waals surface area contributed by atoms with Crippen LogP contribution in [-0.2, 0) is 9.53 Å². The van der Waals surface area contributed by atoms with Gasteiger partial charge in [0.1, 0.15) is 0 Å². The number of nitrogens with two attached hydrogens (primary N) is 1. The van der Waals surface area contributed by atoms with Crippen molar-refractivity contribution in [3.63, 3.8) is 0 Å². The van der Waals surface area contributed by atoms with Crippen LogP contribution in [0.4, 0.5) is 0 Å². The standard InChI is InChI=1S/C10H19NO2/c1-7(2)8-4-10(11,5-8)6-9(12)13-3/h7-8H,4-6,11H2,1-3H3. The van der Waals surface area contributed by atoms with Crippen molar-refractivity contribution in [2.45, 2.75) is 38.6 Å². The number of methoxy groups -OCH3 is 1. The van der Waals surface area contributed by atoms with Crippen LogP contribution in [-0.4, -0.2) is 18.6 Å². The highest BCUT2D eigenvalue weighted by atomic mass is 16.5. The van der Waals surface area contributed by atoms with Crippen molar-refractivity contribution in [3.8, 4) is 0 Å². The van der Waals surface area contributed by atoms with E-state index in [1.54, 1.807) is 0 Å². The third-order valence-electron chi connectivity index (χ3n) is 3.00. The Hall–Kier alpha value is -0.570. The van der Waals surface area contributed by atoms with Gasteiger partial charge in [0.2, 0.25) is 0 Å². The molecule has 0 spiro atoms. The molecule has 1 aliphatic carbocycles. The van der Waals surface area contributed by atoms with E-state index in [1.165, 1.54) is 7.11 Å². The first kappa shape index (κ1) is 10.5. The minimum Gasteiger partial charge on any atom is -0.469 e. The van der Waals surface area contributed by atoms with Gasteiger partial charge in [-0.1, -0.05) is 13.8 Å². The highest BCUT2D eigenvalue weighted by molar-refractivity contribution is 5.70. The first-order valence-electron chi connectivity index (χ1n) is 4.82. The van der Waals surface area contributed by atoms with Gasteiger partial charge in [0.15, 0.2) is 0 Å². The Labute approximate surface area is 79.6 Å². The van der Waals surface area contributed by atoms with Gasteiger partial charge in [-0.3, -0.25) is 4.79 Å². The molecule has 0 radical (unpaired) electrons. The van der Waals surface area contributed by atoms with Crippen LogP contribution >= 0.6 is 0 Å². The second kappa shape index (κ2) is 3.66. The lowest BCUT2D eigenvalue weighted by Crippen LogP contribution is -2.54. The summed E-state index contributed by atoms with van der Waals surface area (Å²) < 4.78 is 4.60. The van der Waals surface area contributed by atoms with Gasteiger partial charge in [0, 0.05) is 5.54 Å². The van der Waals surface area contributed by atoms with Crippen molar-refractivity contribution < 1.29 is 9.53 Å². The Balaban J connectivity index is 2.33. The maximum Gasteiger partial charge on any atom is 0.307 e. The molecule has 0 heterocycles. The zero-order valence-electron chi connectivity index (χ0n) is 8.67. The molecule has 0 aromatic heterocycles. The summed E-state index contributed by atoms with van der Waals surface area (Å²) in [5.41, 5.74) is 5.73. The predicted molar refractivity (Wildman–Crippen MR) is 51.1 cm³/mol. The molecule has 1 aliphatic rings. The van der Waals surface area contributed by atoms with Crippen LogP contribution < -0.4 is 5.73 Å². The molecule has 3 heteroatoms.